The zero-order chi connectivity index (χ0) is 20.5. The first-order chi connectivity index (χ1) is 14.0. The number of rotatable bonds is 4. The molecule has 2 aromatic heterocycles. The Hall–Kier alpha value is -2.99. The second-order valence-electron chi connectivity index (χ2n) is 7.12. The van der Waals surface area contributed by atoms with Crippen molar-refractivity contribution in [3.8, 4) is 5.69 Å². The highest BCUT2D eigenvalue weighted by molar-refractivity contribution is 6.31. The first-order valence-corrected chi connectivity index (χ1v) is 9.79. The molecule has 148 valence electrons. The number of benzene rings is 1. The maximum atomic E-state index is 12.1. The molecule has 3 aromatic rings. The summed E-state index contributed by atoms with van der Waals surface area (Å²) >= 11 is 6.34. The number of methoxy groups -OCH3 is 1. The fourth-order valence-electron chi connectivity index (χ4n) is 3.68. The van der Waals surface area contributed by atoms with Crippen LogP contribution in [0.5, 0.6) is 0 Å². The molecule has 7 heteroatoms. The Bertz CT molecular complexity index is 1090. The molecule has 1 aliphatic rings. The first-order valence-electron chi connectivity index (χ1n) is 9.41. The Morgan fingerprint density at radius 2 is 2.10 bits per heavy atom. The van der Waals surface area contributed by atoms with Crippen LogP contribution in [-0.2, 0) is 9.53 Å². The van der Waals surface area contributed by atoms with Gasteiger partial charge in [0.1, 0.15) is 11.9 Å². The molecular weight excluding hydrogens is 388 g/mol. The first kappa shape index (κ1) is 19.3. The van der Waals surface area contributed by atoms with Gasteiger partial charge in [-0.2, -0.15) is 0 Å². The molecule has 0 bridgehead atoms. The summed E-state index contributed by atoms with van der Waals surface area (Å²) in [6, 6.07) is 11.1. The van der Waals surface area contributed by atoms with Gasteiger partial charge in [0.05, 0.1) is 30.1 Å². The van der Waals surface area contributed by atoms with Gasteiger partial charge in [-0.05, 0) is 43.7 Å². The number of imidazole rings is 1. The lowest BCUT2D eigenvalue weighted by molar-refractivity contribution is -0.145. The van der Waals surface area contributed by atoms with Crippen LogP contribution in [0.4, 0.5) is 0 Å². The van der Waals surface area contributed by atoms with Crippen LogP contribution < -0.4 is 0 Å². The minimum absolute atomic E-state index is 0.265. The number of aliphatic imine (C=N–C) groups is 1. The van der Waals surface area contributed by atoms with Gasteiger partial charge in [-0.3, -0.25) is 19.3 Å². The van der Waals surface area contributed by atoms with Gasteiger partial charge in [0.2, 0.25) is 0 Å². The van der Waals surface area contributed by atoms with Crippen LogP contribution in [-0.4, -0.2) is 33.3 Å². The van der Waals surface area contributed by atoms with E-state index in [-0.39, 0.29) is 17.9 Å². The van der Waals surface area contributed by atoms with Gasteiger partial charge in [0.25, 0.3) is 0 Å². The molecule has 29 heavy (non-hydrogen) atoms. The van der Waals surface area contributed by atoms with Crippen LogP contribution in [0.3, 0.4) is 0 Å². The third-order valence-corrected chi connectivity index (χ3v) is 5.33. The Kier molecular flexibility index (Phi) is 5.20. The number of hydrogen-bond acceptors (Lipinski definition) is 5. The van der Waals surface area contributed by atoms with E-state index in [2.05, 4.69) is 14.5 Å². The van der Waals surface area contributed by atoms with Gasteiger partial charge in [-0.1, -0.05) is 24.6 Å². The molecule has 0 amide bonds. The van der Waals surface area contributed by atoms with Gasteiger partial charge in [-0.25, -0.2) is 4.98 Å². The number of aryl methyl sites for hydroxylation is 1. The maximum Gasteiger partial charge on any atom is 0.308 e. The molecule has 0 saturated heterocycles. The zero-order valence-electron chi connectivity index (χ0n) is 16.5. The molecule has 1 aliphatic heterocycles. The summed E-state index contributed by atoms with van der Waals surface area (Å²) in [7, 11) is 1.40. The van der Waals surface area contributed by atoms with Gasteiger partial charge < -0.3 is 4.74 Å². The highest BCUT2D eigenvalue weighted by Crippen LogP contribution is 2.35. The van der Waals surface area contributed by atoms with E-state index in [0.717, 1.165) is 34.2 Å². The molecule has 4 rings (SSSR count). The summed E-state index contributed by atoms with van der Waals surface area (Å²) in [5, 5.41) is 0.619. The van der Waals surface area contributed by atoms with Crippen LogP contribution >= 0.6 is 11.6 Å². The van der Waals surface area contributed by atoms with Crippen molar-refractivity contribution in [2.75, 3.05) is 7.11 Å². The Morgan fingerprint density at radius 1 is 1.28 bits per heavy atom. The number of nitrogens with zero attached hydrogens (tertiary/aromatic N) is 4. The number of ether oxygens (including phenoxy) is 1. The van der Waals surface area contributed by atoms with Crippen LogP contribution in [0.25, 0.3) is 5.69 Å². The van der Waals surface area contributed by atoms with E-state index in [1.54, 1.807) is 6.20 Å². The SMILES string of the molecule is COC(=O)C(C)C[C@@H]1N=C(c2ccccn2)c2cc(Cl)ccc2-n2c(C)cnc21. The summed E-state index contributed by atoms with van der Waals surface area (Å²) in [5.74, 6) is 0.195. The van der Waals surface area contributed by atoms with Gasteiger partial charge in [0.15, 0.2) is 0 Å². The lowest BCUT2D eigenvalue weighted by atomic mass is 10.0. The molecule has 0 fully saturated rings. The van der Waals surface area contributed by atoms with Crippen molar-refractivity contribution in [2.24, 2.45) is 10.9 Å². The molecule has 2 atom stereocenters. The largest absolute Gasteiger partial charge is 0.469 e. The quantitative estimate of drug-likeness (QED) is 0.603. The van der Waals surface area contributed by atoms with Gasteiger partial charge in [-0.15, -0.1) is 0 Å². The van der Waals surface area contributed by atoms with Crippen LogP contribution in [0.1, 0.15) is 42.2 Å². The summed E-state index contributed by atoms with van der Waals surface area (Å²) in [6.07, 6.45) is 4.04. The van der Waals surface area contributed by atoms with E-state index < -0.39 is 0 Å². The van der Waals surface area contributed by atoms with Crippen LogP contribution in [0.15, 0.2) is 53.8 Å². The Morgan fingerprint density at radius 3 is 2.83 bits per heavy atom. The van der Waals surface area contributed by atoms with Crippen LogP contribution in [0.2, 0.25) is 5.02 Å². The van der Waals surface area contributed by atoms with E-state index in [0.29, 0.717) is 11.4 Å². The highest BCUT2D eigenvalue weighted by atomic mass is 35.5. The lowest BCUT2D eigenvalue weighted by Gasteiger charge is -2.17. The summed E-state index contributed by atoms with van der Waals surface area (Å²) in [4.78, 5) is 26.3. The minimum atomic E-state index is -0.332. The van der Waals surface area contributed by atoms with E-state index >= 15 is 0 Å². The smallest absolute Gasteiger partial charge is 0.308 e. The van der Waals surface area contributed by atoms with Gasteiger partial charge in [0, 0.05) is 28.7 Å². The third-order valence-electron chi connectivity index (χ3n) is 5.09. The average molecular weight is 409 g/mol. The monoisotopic (exact) mass is 408 g/mol. The molecule has 0 N–H and O–H groups in total. The van der Waals surface area contributed by atoms with E-state index in [4.69, 9.17) is 21.3 Å². The van der Waals surface area contributed by atoms with E-state index in [1.807, 2.05) is 56.4 Å². The van der Waals surface area contributed by atoms with Crippen molar-refractivity contribution in [2.45, 2.75) is 26.3 Å². The number of fused-ring (bicyclic) bond motifs is 3. The fourth-order valence-corrected chi connectivity index (χ4v) is 3.85. The molecule has 0 saturated carbocycles. The van der Waals surface area contributed by atoms with Crippen molar-refractivity contribution < 1.29 is 9.53 Å². The number of aromatic nitrogens is 3. The number of pyridine rings is 1. The van der Waals surface area contributed by atoms with Gasteiger partial charge >= 0.3 is 5.97 Å². The predicted molar refractivity (Wildman–Crippen MR) is 112 cm³/mol. The molecule has 1 unspecified atom stereocenters. The third kappa shape index (κ3) is 3.56. The lowest BCUT2D eigenvalue weighted by Crippen LogP contribution is -2.17. The second-order valence-corrected chi connectivity index (χ2v) is 7.56. The fraction of sp³-hybridized carbons (Fsp3) is 0.273. The molecule has 6 nitrogen and oxygen atoms in total. The Balaban J connectivity index is 1.94. The summed E-state index contributed by atoms with van der Waals surface area (Å²) in [5.41, 5.74) is 4.28. The summed E-state index contributed by atoms with van der Waals surface area (Å²) < 4.78 is 7.01. The van der Waals surface area contributed by atoms with E-state index in [9.17, 15) is 4.79 Å². The molecule has 0 spiro atoms. The highest BCUT2D eigenvalue weighted by Gasteiger charge is 2.30. The number of esters is 1. The van der Waals surface area contributed by atoms with Crippen molar-refractivity contribution in [1.82, 2.24) is 14.5 Å². The van der Waals surface area contributed by atoms with Crippen molar-refractivity contribution in [3.05, 3.63) is 76.6 Å². The van der Waals surface area contributed by atoms with Crippen molar-refractivity contribution in [1.29, 1.82) is 0 Å². The van der Waals surface area contributed by atoms with Crippen molar-refractivity contribution >= 4 is 23.3 Å². The molecule has 0 aliphatic carbocycles. The number of halogens is 1. The number of carbonyl (C=O) groups excluding carboxylic acids is 1. The topological polar surface area (TPSA) is 69.4 Å². The zero-order valence-corrected chi connectivity index (χ0v) is 17.2. The summed E-state index contributed by atoms with van der Waals surface area (Å²) in [6.45, 7) is 3.85. The average Bonchev–Trinajstić information content (AvgIpc) is 3.05. The number of carbonyl (C=O) groups is 1. The van der Waals surface area contributed by atoms with Crippen molar-refractivity contribution in [3.63, 3.8) is 0 Å². The standard InChI is InChI=1S/C22H21ClN4O2/c1-13(22(28)29-3)10-18-21-25-12-14(2)27(21)19-8-7-15(23)11-16(19)20(26-18)17-6-4-5-9-24-17/h4-9,11-13,18H,10H2,1-3H3/t13?,18-/m0/s1. The predicted octanol–water partition coefficient (Wildman–Crippen LogP) is 4.32. The van der Waals surface area contributed by atoms with E-state index in [1.165, 1.54) is 7.11 Å². The van der Waals surface area contributed by atoms with Crippen LogP contribution in [0, 0.1) is 12.8 Å². The Labute approximate surface area is 174 Å². The molecule has 0 radical (unpaired) electrons. The molecular formula is C22H21ClN4O2. The molecule has 3 heterocycles. The number of hydrogen-bond donors (Lipinski definition) is 0. The maximum absolute atomic E-state index is 12.1. The molecule has 1 aromatic carbocycles. The minimum Gasteiger partial charge on any atom is -0.469 e. The normalized spacial score (nSPS) is 16.3. The second kappa shape index (κ2) is 7.79.